The van der Waals surface area contributed by atoms with Crippen LogP contribution in [0.4, 0.5) is 0 Å². The summed E-state index contributed by atoms with van der Waals surface area (Å²) < 4.78 is 0. The van der Waals surface area contributed by atoms with Crippen LogP contribution in [0.2, 0.25) is 0 Å². The molecule has 3 nitrogen and oxygen atoms in total. The van der Waals surface area contributed by atoms with Crippen molar-refractivity contribution >= 4 is 0 Å². The molecule has 122 valence electrons. The molecule has 0 radical (unpaired) electrons. The third kappa shape index (κ3) is 1.97. The van der Waals surface area contributed by atoms with E-state index in [4.69, 9.17) is 0 Å². The Bertz CT molecular complexity index is 679. The average Bonchev–Trinajstić information content (AvgIpc) is 2.77. The van der Waals surface area contributed by atoms with Gasteiger partial charge in [-0.25, -0.2) is 0 Å². The Morgan fingerprint density at radius 1 is 1.35 bits per heavy atom. The number of aliphatic hydroxyl groups excluding tert-OH is 1. The standard InChI is InChI=1S/C20H25NO2/c1-11-7-17-18-13(10-21)8-12-9-14(22)3-4-15(12)16(18)5-6-20(17,2)19(11)23/h3-4,9,11,13,16-19,22-23H,5-8H2,1-2H3/t11-,13?,16?,17?,18?,19+,20+/m1/s1. The lowest BCUT2D eigenvalue weighted by molar-refractivity contribution is -0.0382. The SMILES string of the molecule is C[C@@H]1CC2C3C(C#N)Cc4cc(O)ccc4C3CC[C@]2(C)[C@H]1O. The fourth-order valence-corrected chi connectivity index (χ4v) is 6.10. The third-order valence-corrected chi connectivity index (χ3v) is 7.21. The molecule has 2 saturated carbocycles. The largest absolute Gasteiger partial charge is 0.508 e. The molecule has 0 amide bonds. The highest BCUT2D eigenvalue weighted by Gasteiger charge is 2.58. The first-order valence-corrected chi connectivity index (χ1v) is 8.85. The van der Waals surface area contributed by atoms with Gasteiger partial charge in [-0.15, -0.1) is 0 Å². The second-order valence-corrected chi connectivity index (χ2v) is 8.32. The molecule has 1 aromatic carbocycles. The molecule has 0 bridgehead atoms. The summed E-state index contributed by atoms with van der Waals surface area (Å²) in [5.41, 5.74) is 2.44. The topological polar surface area (TPSA) is 64.2 Å². The van der Waals surface area contributed by atoms with Crippen molar-refractivity contribution in [3.63, 3.8) is 0 Å². The first kappa shape index (κ1) is 15.0. The van der Waals surface area contributed by atoms with Crippen LogP contribution in [0.15, 0.2) is 18.2 Å². The normalized spacial score (nSPS) is 44.8. The summed E-state index contributed by atoms with van der Waals surface area (Å²) in [7, 11) is 0. The molecular weight excluding hydrogens is 286 g/mol. The number of phenolic OH excluding ortho intramolecular Hbond substituents is 1. The lowest BCUT2D eigenvalue weighted by Crippen LogP contribution is -2.47. The lowest BCUT2D eigenvalue weighted by atomic mass is 9.53. The number of aliphatic hydroxyl groups is 1. The van der Waals surface area contributed by atoms with Crippen molar-refractivity contribution in [2.24, 2.45) is 29.1 Å². The molecule has 3 aliphatic rings. The lowest BCUT2D eigenvalue weighted by Gasteiger charge is -2.51. The first-order valence-electron chi connectivity index (χ1n) is 8.85. The molecule has 2 fully saturated rings. The van der Waals surface area contributed by atoms with Gasteiger partial charge < -0.3 is 10.2 Å². The van der Waals surface area contributed by atoms with Crippen LogP contribution in [-0.4, -0.2) is 16.3 Å². The number of hydrogen-bond donors (Lipinski definition) is 2. The van der Waals surface area contributed by atoms with Crippen molar-refractivity contribution in [1.29, 1.82) is 5.26 Å². The van der Waals surface area contributed by atoms with Gasteiger partial charge in [-0.2, -0.15) is 5.26 Å². The summed E-state index contributed by atoms with van der Waals surface area (Å²) in [5, 5.41) is 30.3. The first-order chi connectivity index (χ1) is 11.0. The zero-order valence-corrected chi connectivity index (χ0v) is 13.9. The zero-order valence-electron chi connectivity index (χ0n) is 13.9. The third-order valence-electron chi connectivity index (χ3n) is 7.21. The molecule has 7 atom stereocenters. The summed E-state index contributed by atoms with van der Waals surface area (Å²) in [6, 6.07) is 8.25. The summed E-state index contributed by atoms with van der Waals surface area (Å²) in [6.45, 7) is 4.39. The summed E-state index contributed by atoms with van der Waals surface area (Å²) >= 11 is 0. The van der Waals surface area contributed by atoms with Crippen molar-refractivity contribution in [3.05, 3.63) is 29.3 Å². The Balaban J connectivity index is 1.79. The maximum atomic E-state index is 10.7. The number of benzene rings is 1. The van der Waals surface area contributed by atoms with Crippen LogP contribution in [0.3, 0.4) is 0 Å². The monoisotopic (exact) mass is 311 g/mol. The van der Waals surface area contributed by atoms with Gasteiger partial charge in [0, 0.05) is 0 Å². The van der Waals surface area contributed by atoms with Crippen LogP contribution < -0.4 is 0 Å². The quantitative estimate of drug-likeness (QED) is 0.769. The predicted molar refractivity (Wildman–Crippen MR) is 87.8 cm³/mol. The van der Waals surface area contributed by atoms with E-state index < -0.39 is 0 Å². The minimum atomic E-state index is -0.242. The van der Waals surface area contributed by atoms with Gasteiger partial charge in [0.2, 0.25) is 0 Å². The molecule has 0 spiro atoms. The Morgan fingerprint density at radius 2 is 2.13 bits per heavy atom. The molecule has 4 rings (SSSR count). The van der Waals surface area contributed by atoms with E-state index in [-0.39, 0.29) is 17.4 Å². The van der Waals surface area contributed by atoms with Crippen molar-refractivity contribution in [1.82, 2.24) is 0 Å². The fourth-order valence-electron chi connectivity index (χ4n) is 6.10. The van der Waals surface area contributed by atoms with Crippen LogP contribution in [-0.2, 0) is 6.42 Å². The zero-order chi connectivity index (χ0) is 16.4. The maximum absolute atomic E-state index is 10.7. The molecule has 0 saturated heterocycles. The molecule has 0 aliphatic heterocycles. The van der Waals surface area contributed by atoms with Crippen LogP contribution in [0.25, 0.3) is 0 Å². The van der Waals surface area contributed by atoms with Crippen LogP contribution >= 0.6 is 0 Å². The van der Waals surface area contributed by atoms with Gasteiger partial charge in [-0.3, -0.25) is 0 Å². The smallest absolute Gasteiger partial charge is 0.115 e. The molecule has 0 heterocycles. The van der Waals surface area contributed by atoms with Gasteiger partial charge in [-0.05, 0) is 78.0 Å². The van der Waals surface area contributed by atoms with E-state index in [0.717, 1.165) is 31.2 Å². The molecule has 3 aliphatic carbocycles. The maximum Gasteiger partial charge on any atom is 0.115 e. The summed E-state index contributed by atoms with van der Waals surface area (Å²) in [5.74, 6) is 1.79. The Morgan fingerprint density at radius 3 is 2.87 bits per heavy atom. The van der Waals surface area contributed by atoms with Gasteiger partial charge in [0.1, 0.15) is 5.75 Å². The molecule has 0 aromatic heterocycles. The molecule has 2 N–H and O–H groups in total. The second-order valence-electron chi connectivity index (χ2n) is 8.32. The average molecular weight is 311 g/mol. The van der Waals surface area contributed by atoms with E-state index in [1.807, 2.05) is 6.07 Å². The number of phenols is 1. The minimum absolute atomic E-state index is 0.00331. The van der Waals surface area contributed by atoms with E-state index >= 15 is 0 Å². The van der Waals surface area contributed by atoms with Gasteiger partial charge in [0.15, 0.2) is 0 Å². The highest BCUT2D eigenvalue weighted by molar-refractivity contribution is 5.41. The van der Waals surface area contributed by atoms with Gasteiger partial charge in [0.25, 0.3) is 0 Å². The van der Waals surface area contributed by atoms with Crippen LogP contribution in [0, 0.1) is 40.4 Å². The number of fused-ring (bicyclic) bond motifs is 5. The van der Waals surface area contributed by atoms with Gasteiger partial charge in [0.05, 0.1) is 18.1 Å². The predicted octanol–water partition coefficient (Wildman–Crippen LogP) is 3.60. The molecule has 4 unspecified atom stereocenters. The van der Waals surface area contributed by atoms with Crippen LogP contribution in [0.5, 0.6) is 5.75 Å². The number of aromatic hydroxyl groups is 1. The van der Waals surface area contributed by atoms with Crippen LogP contribution in [0.1, 0.15) is 50.2 Å². The van der Waals surface area contributed by atoms with E-state index in [0.29, 0.717) is 29.4 Å². The second kappa shape index (κ2) is 4.98. The van der Waals surface area contributed by atoms with Crippen molar-refractivity contribution in [2.45, 2.75) is 51.6 Å². The number of nitriles is 1. The summed E-state index contributed by atoms with van der Waals surface area (Å²) in [4.78, 5) is 0. The molecule has 23 heavy (non-hydrogen) atoms. The van der Waals surface area contributed by atoms with E-state index in [9.17, 15) is 15.5 Å². The minimum Gasteiger partial charge on any atom is -0.508 e. The number of nitrogens with zero attached hydrogens (tertiary/aromatic N) is 1. The highest BCUT2D eigenvalue weighted by atomic mass is 16.3. The van der Waals surface area contributed by atoms with Gasteiger partial charge >= 0.3 is 0 Å². The highest BCUT2D eigenvalue weighted by Crippen LogP contribution is 2.63. The van der Waals surface area contributed by atoms with E-state index in [2.05, 4.69) is 26.0 Å². The fraction of sp³-hybridized carbons (Fsp3) is 0.650. The van der Waals surface area contributed by atoms with Gasteiger partial charge in [-0.1, -0.05) is 19.9 Å². The number of hydrogen-bond acceptors (Lipinski definition) is 3. The van der Waals surface area contributed by atoms with E-state index in [1.54, 1.807) is 6.07 Å². The van der Waals surface area contributed by atoms with Crippen molar-refractivity contribution in [2.75, 3.05) is 0 Å². The number of rotatable bonds is 0. The van der Waals surface area contributed by atoms with E-state index in [1.165, 1.54) is 5.56 Å². The van der Waals surface area contributed by atoms with Crippen molar-refractivity contribution in [3.8, 4) is 11.8 Å². The summed E-state index contributed by atoms with van der Waals surface area (Å²) in [6.07, 6.45) is 3.59. The Hall–Kier alpha value is -1.53. The molecule has 3 heteroatoms. The molecule has 1 aromatic rings. The van der Waals surface area contributed by atoms with Crippen molar-refractivity contribution < 1.29 is 10.2 Å². The molecular formula is C20H25NO2. The Labute approximate surface area is 138 Å². The Kier molecular flexibility index (Phi) is 3.25.